The lowest BCUT2D eigenvalue weighted by Gasteiger charge is -2.12. The van der Waals surface area contributed by atoms with Crippen molar-refractivity contribution in [1.29, 1.82) is 0 Å². The first-order valence-electron chi connectivity index (χ1n) is 8.82. The second-order valence-corrected chi connectivity index (χ2v) is 6.15. The van der Waals surface area contributed by atoms with Crippen LogP contribution in [0.25, 0.3) is 0 Å². The van der Waals surface area contributed by atoms with Crippen LogP contribution in [0.2, 0.25) is 0 Å². The highest BCUT2D eigenvalue weighted by molar-refractivity contribution is 6.05. The molecule has 1 amide bonds. The van der Waals surface area contributed by atoms with Crippen LogP contribution >= 0.6 is 0 Å². The van der Waals surface area contributed by atoms with E-state index in [1.807, 2.05) is 18.2 Å². The van der Waals surface area contributed by atoms with Crippen LogP contribution in [0.15, 0.2) is 54.7 Å². The number of rotatable bonds is 6. The Morgan fingerprint density at radius 3 is 2.62 bits per heavy atom. The summed E-state index contributed by atoms with van der Waals surface area (Å²) in [5.41, 5.74) is 1.73. The third-order valence-electron chi connectivity index (χ3n) is 4.33. The Hall–Kier alpha value is -3.94. The minimum absolute atomic E-state index is 0.221. The van der Waals surface area contributed by atoms with Crippen molar-refractivity contribution in [2.24, 2.45) is 0 Å². The second-order valence-electron chi connectivity index (χ2n) is 6.15. The van der Waals surface area contributed by atoms with Crippen LogP contribution in [0.4, 0.5) is 17.2 Å². The number of methoxy groups -OCH3 is 2. The van der Waals surface area contributed by atoms with Gasteiger partial charge in [0.25, 0.3) is 5.91 Å². The summed E-state index contributed by atoms with van der Waals surface area (Å²) in [6, 6.07) is 14.1. The van der Waals surface area contributed by atoms with E-state index in [1.165, 1.54) is 13.3 Å². The summed E-state index contributed by atoms with van der Waals surface area (Å²) in [4.78, 5) is 16.9. The van der Waals surface area contributed by atoms with Gasteiger partial charge in [-0.15, -0.1) is 0 Å². The first-order valence-corrected chi connectivity index (χ1v) is 8.82. The summed E-state index contributed by atoms with van der Waals surface area (Å²) in [5, 5.41) is 5.98. The fourth-order valence-corrected chi connectivity index (χ4v) is 2.83. The minimum atomic E-state index is -0.307. The number of carbonyl (C=O) groups excluding carboxylic acids is 1. The van der Waals surface area contributed by atoms with Crippen LogP contribution in [-0.4, -0.2) is 31.9 Å². The van der Waals surface area contributed by atoms with E-state index in [1.54, 1.807) is 37.4 Å². The summed E-state index contributed by atoms with van der Waals surface area (Å²) in [6.07, 6.45) is 1.50. The molecule has 1 aromatic heterocycles. The third-order valence-corrected chi connectivity index (χ3v) is 4.33. The molecular weight excluding hydrogens is 374 g/mol. The molecule has 0 aliphatic carbocycles. The molecule has 2 aromatic carbocycles. The highest BCUT2D eigenvalue weighted by Gasteiger charge is 2.14. The Bertz CT molecular complexity index is 1040. The fourth-order valence-electron chi connectivity index (χ4n) is 2.83. The van der Waals surface area contributed by atoms with Gasteiger partial charge in [0.15, 0.2) is 11.5 Å². The number of nitrogens with one attached hydrogen (secondary N) is 2. The smallest absolute Gasteiger partial charge is 0.257 e. The maximum atomic E-state index is 12.6. The summed E-state index contributed by atoms with van der Waals surface area (Å²) in [5.74, 6) is 2.83. The Labute approximate surface area is 167 Å². The molecule has 0 bridgehead atoms. The highest BCUT2D eigenvalue weighted by atomic mass is 16.7. The van der Waals surface area contributed by atoms with E-state index in [0.717, 1.165) is 5.69 Å². The Morgan fingerprint density at radius 1 is 1.00 bits per heavy atom. The van der Waals surface area contributed by atoms with E-state index >= 15 is 0 Å². The molecular formula is C21H19N3O5. The van der Waals surface area contributed by atoms with E-state index in [2.05, 4.69) is 15.6 Å². The van der Waals surface area contributed by atoms with Crippen molar-refractivity contribution >= 4 is 23.1 Å². The average molecular weight is 393 g/mol. The summed E-state index contributed by atoms with van der Waals surface area (Å²) in [7, 11) is 3.10. The van der Waals surface area contributed by atoms with Crippen molar-refractivity contribution in [3.63, 3.8) is 0 Å². The van der Waals surface area contributed by atoms with E-state index in [4.69, 9.17) is 18.9 Å². The van der Waals surface area contributed by atoms with Crippen molar-refractivity contribution in [3.8, 4) is 23.0 Å². The van der Waals surface area contributed by atoms with Gasteiger partial charge < -0.3 is 29.6 Å². The number of hydrogen-bond acceptors (Lipinski definition) is 7. The SMILES string of the molecule is COc1ccc(OC)c(NC(=O)c2ccc(Nc3ccc4c(c3)OCO4)nc2)c1. The van der Waals surface area contributed by atoms with Crippen molar-refractivity contribution < 1.29 is 23.7 Å². The van der Waals surface area contributed by atoms with Gasteiger partial charge in [-0.1, -0.05) is 0 Å². The molecule has 148 valence electrons. The van der Waals surface area contributed by atoms with Crippen LogP contribution in [0, 0.1) is 0 Å². The lowest BCUT2D eigenvalue weighted by molar-refractivity contribution is 0.102. The number of benzene rings is 2. The maximum absolute atomic E-state index is 12.6. The van der Waals surface area contributed by atoms with Crippen molar-refractivity contribution in [3.05, 3.63) is 60.3 Å². The molecule has 0 saturated carbocycles. The van der Waals surface area contributed by atoms with Crippen molar-refractivity contribution in [1.82, 2.24) is 4.98 Å². The number of nitrogens with zero attached hydrogens (tertiary/aromatic N) is 1. The molecule has 0 radical (unpaired) electrons. The largest absolute Gasteiger partial charge is 0.497 e. The van der Waals surface area contributed by atoms with E-state index < -0.39 is 0 Å². The molecule has 29 heavy (non-hydrogen) atoms. The van der Waals surface area contributed by atoms with Crippen molar-refractivity contribution in [2.75, 3.05) is 31.6 Å². The molecule has 0 atom stereocenters. The predicted octanol–water partition coefficient (Wildman–Crippen LogP) is 3.82. The van der Waals surface area contributed by atoms with Gasteiger partial charge in [-0.05, 0) is 36.4 Å². The lowest BCUT2D eigenvalue weighted by atomic mass is 10.2. The number of hydrogen-bond donors (Lipinski definition) is 2. The maximum Gasteiger partial charge on any atom is 0.257 e. The molecule has 1 aliphatic heterocycles. The van der Waals surface area contributed by atoms with Crippen LogP contribution in [0.1, 0.15) is 10.4 Å². The molecule has 0 spiro atoms. The summed E-state index contributed by atoms with van der Waals surface area (Å²) < 4.78 is 21.1. The van der Waals surface area contributed by atoms with Crippen LogP contribution < -0.4 is 29.6 Å². The van der Waals surface area contributed by atoms with Gasteiger partial charge in [0.2, 0.25) is 6.79 Å². The average Bonchev–Trinajstić information content (AvgIpc) is 3.22. The van der Waals surface area contributed by atoms with Crippen LogP contribution in [-0.2, 0) is 0 Å². The zero-order valence-electron chi connectivity index (χ0n) is 15.9. The normalized spacial score (nSPS) is 11.7. The van der Waals surface area contributed by atoms with Gasteiger partial charge in [-0.2, -0.15) is 0 Å². The van der Waals surface area contributed by atoms with Gasteiger partial charge >= 0.3 is 0 Å². The van der Waals surface area contributed by atoms with Crippen molar-refractivity contribution in [2.45, 2.75) is 0 Å². The second kappa shape index (κ2) is 7.97. The van der Waals surface area contributed by atoms with Gasteiger partial charge in [-0.3, -0.25) is 4.79 Å². The number of anilines is 3. The van der Waals surface area contributed by atoms with Gasteiger partial charge in [-0.25, -0.2) is 4.98 Å². The molecule has 8 heteroatoms. The molecule has 0 fully saturated rings. The minimum Gasteiger partial charge on any atom is -0.497 e. The highest BCUT2D eigenvalue weighted by Crippen LogP contribution is 2.35. The topological polar surface area (TPSA) is 90.9 Å². The third kappa shape index (κ3) is 4.01. The summed E-state index contributed by atoms with van der Waals surface area (Å²) >= 11 is 0. The standard InChI is InChI=1S/C21H19N3O5/c1-26-15-5-7-17(27-2)16(10-15)24-21(25)13-3-8-20(22-11-13)23-14-4-6-18-19(9-14)29-12-28-18/h3-11H,12H2,1-2H3,(H,22,23)(H,24,25). The van der Waals surface area contributed by atoms with E-state index in [0.29, 0.717) is 40.1 Å². The van der Waals surface area contributed by atoms with Crippen LogP contribution in [0.5, 0.6) is 23.0 Å². The quantitative estimate of drug-likeness (QED) is 0.658. The van der Waals surface area contributed by atoms with E-state index in [9.17, 15) is 4.79 Å². The molecule has 8 nitrogen and oxygen atoms in total. The molecule has 2 N–H and O–H groups in total. The molecule has 4 rings (SSSR count). The molecule has 0 saturated heterocycles. The molecule has 1 aliphatic rings. The van der Waals surface area contributed by atoms with E-state index in [-0.39, 0.29) is 12.7 Å². The summed E-state index contributed by atoms with van der Waals surface area (Å²) in [6.45, 7) is 0.221. The Kier molecular flexibility index (Phi) is 5.07. The number of pyridine rings is 1. The molecule has 0 unspecified atom stereocenters. The first-order chi connectivity index (χ1) is 14.2. The Balaban J connectivity index is 1.46. The number of aromatic nitrogens is 1. The lowest BCUT2D eigenvalue weighted by Crippen LogP contribution is -2.13. The molecule has 3 aromatic rings. The predicted molar refractivity (Wildman–Crippen MR) is 108 cm³/mol. The van der Waals surface area contributed by atoms with Gasteiger partial charge in [0, 0.05) is 24.0 Å². The number of fused-ring (bicyclic) bond motifs is 1. The van der Waals surface area contributed by atoms with Gasteiger partial charge in [0.1, 0.15) is 17.3 Å². The number of ether oxygens (including phenoxy) is 4. The zero-order valence-corrected chi connectivity index (χ0v) is 15.9. The monoisotopic (exact) mass is 393 g/mol. The fraction of sp³-hybridized carbons (Fsp3) is 0.143. The van der Waals surface area contributed by atoms with Gasteiger partial charge in [0.05, 0.1) is 25.5 Å². The number of amides is 1. The molecule has 2 heterocycles. The number of carbonyl (C=O) groups is 1. The Morgan fingerprint density at radius 2 is 1.86 bits per heavy atom. The first kappa shape index (κ1) is 18.4. The zero-order chi connectivity index (χ0) is 20.2. The van der Waals surface area contributed by atoms with Crippen LogP contribution in [0.3, 0.4) is 0 Å².